The highest BCUT2D eigenvalue weighted by atomic mass is 16.6. The third-order valence-electron chi connectivity index (χ3n) is 3.56. The molecular weight excluding hydrogens is 204 g/mol. The van der Waals surface area contributed by atoms with Crippen molar-refractivity contribution >= 4 is 6.09 Å². The summed E-state index contributed by atoms with van der Waals surface area (Å²) in [6.45, 7) is 4.59. The van der Waals surface area contributed by atoms with E-state index in [1.54, 1.807) is 0 Å². The molecule has 0 bridgehead atoms. The molecule has 0 spiro atoms. The molecule has 1 saturated heterocycles. The topological polar surface area (TPSA) is 41.6 Å². The van der Waals surface area contributed by atoms with Gasteiger partial charge in [0.05, 0.1) is 0 Å². The van der Waals surface area contributed by atoms with Crippen molar-refractivity contribution in [3.8, 4) is 0 Å². The molecule has 92 valence electrons. The van der Waals surface area contributed by atoms with Gasteiger partial charge in [0, 0.05) is 25.7 Å². The van der Waals surface area contributed by atoms with Crippen LogP contribution in [0.5, 0.6) is 0 Å². The SMILES string of the molecule is C[C@H]1CNCCN1C(=O)OC1CCCCC1. The fourth-order valence-electron chi connectivity index (χ4n) is 2.51. The molecule has 0 unspecified atom stereocenters. The summed E-state index contributed by atoms with van der Waals surface area (Å²) in [4.78, 5) is 13.8. The van der Waals surface area contributed by atoms with Crippen LogP contribution in [0.4, 0.5) is 4.79 Å². The monoisotopic (exact) mass is 226 g/mol. The van der Waals surface area contributed by atoms with Crippen LogP contribution in [0.25, 0.3) is 0 Å². The molecule has 1 aliphatic heterocycles. The molecule has 0 aromatic heterocycles. The Morgan fingerprint density at radius 1 is 1.31 bits per heavy atom. The number of nitrogens with zero attached hydrogens (tertiary/aromatic N) is 1. The van der Waals surface area contributed by atoms with Gasteiger partial charge in [-0.1, -0.05) is 6.42 Å². The van der Waals surface area contributed by atoms with Crippen molar-refractivity contribution in [1.82, 2.24) is 10.2 Å². The summed E-state index contributed by atoms with van der Waals surface area (Å²) >= 11 is 0. The number of hydrogen-bond donors (Lipinski definition) is 1. The van der Waals surface area contributed by atoms with E-state index in [0.29, 0.717) is 0 Å². The van der Waals surface area contributed by atoms with Crippen molar-refractivity contribution in [3.05, 3.63) is 0 Å². The van der Waals surface area contributed by atoms with Gasteiger partial charge in [-0.15, -0.1) is 0 Å². The molecule has 0 radical (unpaired) electrons. The third-order valence-corrected chi connectivity index (χ3v) is 3.56. The van der Waals surface area contributed by atoms with Crippen molar-refractivity contribution in [3.63, 3.8) is 0 Å². The van der Waals surface area contributed by atoms with E-state index in [1.807, 2.05) is 4.90 Å². The van der Waals surface area contributed by atoms with Gasteiger partial charge in [0.25, 0.3) is 0 Å². The molecule has 2 aliphatic rings. The number of hydrogen-bond acceptors (Lipinski definition) is 3. The average molecular weight is 226 g/mol. The first-order chi connectivity index (χ1) is 7.77. The number of amides is 1. The summed E-state index contributed by atoms with van der Waals surface area (Å²) in [5, 5.41) is 3.27. The van der Waals surface area contributed by atoms with Crippen LogP contribution in [0.15, 0.2) is 0 Å². The molecule has 1 saturated carbocycles. The second-order valence-corrected chi connectivity index (χ2v) is 4.89. The largest absolute Gasteiger partial charge is 0.446 e. The number of carbonyl (C=O) groups is 1. The molecule has 1 aliphatic carbocycles. The molecule has 1 atom stereocenters. The van der Waals surface area contributed by atoms with Gasteiger partial charge in [0.2, 0.25) is 0 Å². The molecule has 16 heavy (non-hydrogen) atoms. The molecule has 1 amide bonds. The van der Waals surface area contributed by atoms with Gasteiger partial charge in [-0.25, -0.2) is 4.79 Å². The number of nitrogens with one attached hydrogen (secondary N) is 1. The highest BCUT2D eigenvalue weighted by Crippen LogP contribution is 2.21. The molecule has 2 fully saturated rings. The number of rotatable bonds is 1. The van der Waals surface area contributed by atoms with E-state index in [1.165, 1.54) is 19.3 Å². The van der Waals surface area contributed by atoms with Crippen LogP contribution >= 0.6 is 0 Å². The minimum absolute atomic E-state index is 0.110. The second-order valence-electron chi connectivity index (χ2n) is 4.89. The standard InChI is InChI=1S/C12H22N2O2/c1-10-9-13-7-8-14(10)12(15)16-11-5-3-2-4-6-11/h10-11,13H,2-9H2,1H3/t10-/m0/s1. The number of carbonyl (C=O) groups excluding carboxylic acids is 1. The summed E-state index contributed by atoms with van der Waals surface area (Å²) in [5.74, 6) is 0. The maximum Gasteiger partial charge on any atom is 0.410 e. The lowest BCUT2D eigenvalue weighted by Crippen LogP contribution is -2.52. The normalized spacial score (nSPS) is 27.8. The zero-order valence-electron chi connectivity index (χ0n) is 10.1. The molecule has 0 aromatic carbocycles. The molecular formula is C12H22N2O2. The number of piperazine rings is 1. The van der Waals surface area contributed by atoms with Crippen molar-refractivity contribution in [2.24, 2.45) is 0 Å². The van der Waals surface area contributed by atoms with E-state index in [2.05, 4.69) is 12.2 Å². The smallest absolute Gasteiger partial charge is 0.410 e. The Balaban J connectivity index is 1.81. The Labute approximate surface area is 97.3 Å². The summed E-state index contributed by atoms with van der Waals surface area (Å²) in [6.07, 6.45) is 5.85. The van der Waals surface area contributed by atoms with Crippen LogP contribution in [0.2, 0.25) is 0 Å². The molecule has 4 heteroatoms. The van der Waals surface area contributed by atoms with Gasteiger partial charge in [-0.2, -0.15) is 0 Å². The van der Waals surface area contributed by atoms with E-state index >= 15 is 0 Å². The molecule has 1 N–H and O–H groups in total. The van der Waals surface area contributed by atoms with Gasteiger partial charge in [-0.05, 0) is 32.6 Å². The Morgan fingerprint density at radius 3 is 2.75 bits per heavy atom. The summed E-state index contributed by atoms with van der Waals surface area (Å²) < 4.78 is 5.56. The summed E-state index contributed by atoms with van der Waals surface area (Å²) in [5.41, 5.74) is 0. The molecule has 2 rings (SSSR count). The molecule has 1 heterocycles. The van der Waals surface area contributed by atoms with Crippen molar-refractivity contribution in [2.45, 2.75) is 51.2 Å². The minimum atomic E-state index is -0.110. The maximum atomic E-state index is 12.0. The molecule has 4 nitrogen and oxygen atoms in total. The van der Waals surface area contributed by atoms with Crippen LogP contribution in [0.3, 0.4) is 0 Å². The zero-order chi connectivity index (χ0) is 11.4. The summed E-state index contributed by atoms with van der Waals surface area (Å²) in [6, 6.07) is 0.254. The van der Waals surface area contributed by atoms with E-state index in [9.17, 15) is 4.79 Å². The summed E-state index contributed by atoms with van der Waals surface area (Å²) in [7, 11) is 0. The van der Waals surface area contributed by atoms with Gasteiger partial charge < -0.3 is 15.0 Å². The van der Waals surface area contributed by atoms with E-state index in [-0.39, 0.29) is 18.2 Å². The van der Waals surface area contributed by atoms with Crippen LogP contribution in [0.1, 0.15) is 39.0 Å². The first-order valence-corrected chi connectivity index (χ1v) is 6.45. The predicted octanol–water partition coefficient (Wildman–Crippen LogP) is 1.75. The highest BCUT2D eigenvalue weighted by molar-refractivity contribution is 5.68. The Bertz CT molecular complexity index is 239. The lowest BCUT2D eigenvalue weighted by molar-refractivity contribution is 0.0333. The van der Waals surface area contributed by atoms with Gasteiger partial charge in [0.15, 0.2) is 0 Å². The lowest BCUT2D eigenvalue weighted by atomic mass is 9.98. The van der Waals surface area contributed by atoms with Gasteiger partial charge >= 0.3 is 6.09 Å². The Morgan fingerprint density at radius 2 is 2.06 bits per heavy atom. The minimum Gasteiger partial charge on any atom is -0.446 e. The molecule has 0 aromatic rings. The lowest BCUT2D eigenvalue weighted by Gasteiger charge is -2.34. The van der Waals surface area contributed by atoms with Crippen molar-refractivity contribution in [2.75, 3.05) is 19.6 Å². The van der Waals surface area contributed by atoms with Crippen LogP contribution in [-0.4, -0.2) is 42.8 Å². The first kappa shape index (κ1) is 11.7. The quantitative estimate of drug-likeness (QED) is 0.740. The van der Waals surface area contributed by atoms with Gasteiger partial charge in [0.1, 0.15) is 6.10 Å². The fourth-order valence-corrected chi connectivity index (χ4v) is 2.51. The Hall–Kier alpha value is -0.770. The highest BCUT2D eigenvalue weighted by Gasteiger charge is 2.27. The van der Waals surface area contributed by atoms with E-state index in [4.69, 9.17) is 4.74 Å². The van der Waals surface area contributed by atoms with Gasteiger partial charge in [-0.3, -0.25) is 0 Å². The number of ether oxygens (including phenoxy) is 1. The van der Waals surface area contributed by atoms with Crippen LogP contribution in [-0.2, 0) is 4.74 Å². The average Bonchev–Trinajstić information content (AvgIpc) is 2.31. The zero-order valence-corrected chi connectivity index (χ0v) is 10.1. The van der Waals surface area contributed by atoms with E-state index < -0.39 is 0 Å². The van der Waals surface area contributed by atoms with Crippen LogP contribution in [0, 0.1) is 0 Å². The van der Waals surface area contributed by atoms with E-state index in [0.717, 1.165) is 32.5 Å². The van der Waals surface area contributed by atoms with Crippen molar-refractivity contribution in [1.29, 1.82) is 0 Å². The van der Waals surface area contributed by atoms with Crippen molar-refractivity contribution < 1.29 is 9.53 Å². The Kier molecular flexibility index (Phi) is 4.04. The third kappa shape index (κ3) is 2.88. The first-order valence-electron chi connectivity index (χ1n) is 6.45. The van der Waals surface area contributed by atoms with Crippen LogP contribution < -0.4 is 5.32 Å². The second kappa shape index (κ2) is 5.53. The maximum absolute atomic E-state index is 12.0. The predicted molar refractivity (Wildman–Crippen MR) is 62.4 cm³/mol. The fraction of sp³-hybridized carbons (Fsp3) is 0.917.